The van der Waals surface area contributed by atoms with Crippen LogP contribution in [0.25, 0.3) is 0 Å². The topological polar surface area (TPSA) is 9.23 Å². The van der Waals surface area contributed by atoms with Crippen LogP contribution < -0.4 is 0 Å². The monoisotopic (exact) mass is 262 g/mol. The molecule has 0 heterocycles. The van der Waals surface area contributed by atoms with Crippen LogP contribution in [0.1, 0.15) is 34.6 Å². The Morgan fingerprint density at radius 3 is 2.12 bits per heavy atom. The molecule has 0 bridgehead atoms. The van der Waals surface area contributed by atoms with Crippen molar-refractivity contribution in [2.75, 3.05) is 5.88 Å². The van der Waals surface area contributed by atoms with Crippen LogP contribution in [0.2, 0.25) is 18.1 Å². The lowest BCUT2D eigenvalue weighted by Crippen LogP contribution is -2.44. The minimum absolute atomic E-state index is 0.264. The third kappa shape index (κ3) is 5.02. The third-order valence-corrected chi connectivity index (χ3v) is 8.31. The van der Waals surface area contributed by atoms with Crippen LogP contribution in [-0.2, 0) is 4.43 Å². The Hall–Kier alpha value is 0.207. The smallest absolute Gasteiger partial charge is 0.192 e. The Balaban J connectivity index is 4.44. The van der Waals surface area contributed by atoms with Crippen LogP contribution in [0, 0.1) is 5.92 Å². The second-order valence-electron chi connectivity index (χ2n) is 6.02. The molecule has 0 spiro atoms. The van der Waals surface area contributed by atoms with Crippen LogP contribution in [0.3, 0.4) is 0 Å². The van der Waals surface area contributed by atoms with Gasteiger partial charge >= 0.3 is 0 Å². The van der Waals surface area contributed by atoms with Gasteiger partial charge < -0.3 is 4.43 Å². The van der Waals surface area contributed by atoms with Gasteiger partial charge in [0.2, 0.25) is 0 Å². The van der Waals surface area contributed by atoms with E-state index in [0.717, 1.165) is 0 Å². The molecule has 0 aromatic heterocycles. The summed E-state index contributed by atoms with van der Waals surface area (Å²) in [5.74, 6) is 1.00. The molecule has 0 aliphatic rings. The van der Waals surface area contributed by atoms with E-state index in [1.807, 2.05) is 6.08 Å². The van der Waals surface area contributed by atoms with Crippen LogP contribution in [-0.4, -0.2) is 20.3 Å². The van der Waals surface area contributed by atoms with Gasteiger partial charge in [-0.3, -0.25) is 0 Å². The molecular weight excluding hydrogens is 236 g/mol. The summed E-state index contributed by atoms with van der Waals surface area (Å²) >= 11 is 5.64. The summed E-state index contributed by atoms with van der Waals surface area (Å²) < 4.78 is 6.31. The summed E-state index contributed by atoms with van der Waals surface area (Å²) in [7, 11) is -1.64. The van der Waals surface area contributed by atoms with Gasteiger partial charge in [-0.15, -0.1) is 11.6 Å². The van der Waals surface area contributed by atoms with Crippen molar-refractivity contribution in [1.29, 1.82) is 0 Å². The molecule has 0 aromatic rings. The predicted molar refractivity (Wildman–Crippen MR) is 76.8 cm³/mol. The van der Waals surface area contributed by atoms with Crippen molar-refractivity contribution < 1.29 is 4.43 Å². The number of rotatable bonds is 5. The lowest BCUT2D eigenvalue weighted by Gasteiger charge is -2.39. The van der Waals surface area contributed by atoms with E-state index in [2.05, 4.69) is 53.8 Å². The fraction of sp³-hybridized carbons (Fsp3) is 0.846. The molecule has 0 saturated carbocycles. The lowest BCUT2D eigenvalue weighted by molar-refractivity contribution is 0.164. The zero-order chi connectivity index (χ0) is 13.0. The first-order valence-corrected chi connectivity index (χ1v) is 9.46. The van der Waals surface area contributed by atoms with Crippen molar-refractivity contribution in [1.82, 2.24) is 0 Å². The first kappa shape index (κ1) is 16.2. The van der Waals surface area contributed by atoms with E-state index in [1.165, 1.54) is 0 Å². The van der Waals surface area contributed by atoms with Crippen molar-refractivity contribution in [3.63, 3.8) is 0 Å². The normalized spacial score (nSPS) is 17.8. The van der Waals surface area contributed by atoms with Crippen LogP contribution in [0.4, 0.5) is 0 Å². The molecule has 1 nitrogen and oxygen atoms in total. The number of alkyl halides is 1. The van der Waals surface area contributed by atoms with E-state index >= 15 is 0 Å². The third-order valence-electron chi connectivity index (χ3n) is 3.56. The lowest BCUT2D eigenvalue weighted by atomic mass is 10.1. The second kappa shape index (κ2) is 6.22. The van der Waals surface area contributed by atoms with E-state index in [-0.39, 0.29) is 11.1 Å². The van der Waals surface area contributed by atoms with Gasteiger partial charge in [-0.2, -0.15) is 0 Å². The minimum atomic E-state index is -1.64. The van der Waals surface area contributed by atoms with Gasteiger partial charge in [-0.1, -0.05) is 39.8 Å². The van der Waals surface area contributed by atoms with E-state index in [4.69, 9.17) is 16.0 Å². The van der Waals surface area contributed by atoms with Gasteiger partial charge in [0.05, 0.1) is 0 Å². The molecule has 2 unspecified atom stereocenters. The first-order chi connectivity index (χ1) is 7.12. The molecule has 0 amide bonds. The fourth-order valence-corrected chi connectivity index (χ4v) is 2.77. The molecule has 2 atom stereocenters. The molecule has 0 radical (unpaired) electrons. The molecule has 0 fully saturated rings. The summed E-state index contributed by atoms with van der Waals surface area (Å²) in [6.45, 7) is 15.7. The molecule has 16 heavy (non-hydrogen) atoms. The molecular formula is C13H27ClOSi. The Labute approximate surface area is 107 Å². The zero-order valence-electron chi connectivity index (χ0n) is 11.8. The Morgan fingerprint density at radius 1 is 1.25 bits per heavy atom. The Kier molecular flexibility index (Phi) is 6.30. The highest BCUT2D eigenvalue weighted by Gasteiger charge is 2.38. The summed E-state index contributed by atoms with van der Waals surface area (Å²) in [5, 5.41) is 0.275. The Bertz CT molecular complexity index is 231. The van der Waals surface area contributed by atoms with Crippen molar-refractivity contribution in [2.45, 2.75) is 58.9 Å². The van der Waals surface area contributed by atoms with Gasteiger partial charge in [0.25, 0.3) is 0 Å². The van der Waals surface area contributed by atoms with Crippen molar-refractivity contribution in [3.8, 4) is 0 Å². The van der Waals surface area contributed by atoms with E-state index in [0.29, 0.717) is 11.8 Å². The van der Waals surface area contributed by atoms with Crippen molar-refractivity contribution in [3.05, 3.63) is 12.2 Å². The zero-order valence-corrected chi connectivity index (χ0v) is 13.6. The van der Waals surface area contributed by atoms with Crippen molar-refractivity contribution in [2.24, 2.45) is 5.92 Å². The maximum Gasteiger partial charge on any atom is 0.192 e. The summed E-state index contributed by atoms with van der Waals surface area (Å²) in [6.07, 6.45) is 4.41. The highest BCUT2D eigenvalue weighted by Crippen LogP contribution is 2.38. The quantitative estimate of drug-likeness (QED) is 0.392. The van der Waals surface area contributed by atoms with E-state index in [9.17, 15) is 0 Å². The molecule has 3 heteroatoms. The van der Waals surface area contributed by atoms with E-state index < -0.39 is 8.32 Å². The molecule has 0 saturated heterocycles. The maximum atomic E-state index is 6.31. The number of hydrogen-bond donors (Lipinski definition) is 0. The number of allylic oxidation sites excluding steroid dienone is 1. The average molecular weight is 263 g/mol. The van der Waals surface area contributed by atoms with Gasteiger partial charge in [-0.05, 0) is 31.0 Å². The van der Waals surface area contributed by atoms with Gasteiger partial charge in [0.15, 0.2) is 8.32 Å². The highest BCUT2D eigenvalue weighted by atomic mass is 35.5. The standard InChI is InChI=1S/C13H27ClOSi/c1-11(9-8-10-14)12(2)15-16(6,7)13(3,4)5/h8-9,11-12H,10H2,1-7H3/b9-8+. The van der Waals surface area contributed by atoms with E-state index in [1.54, 1.807) is 0 Å². The van der Waals surface area contributed by atoms with Crippen molar-refractivity contribution >= 4 is 19.9 Å². The molecule has 0 aromatic carbocycles. The highest BCUT2D eigenvalue weighted by molar-refractivity contribution is 6.74. The van der Waals surface area contributed by atoms with Crippen LogP contribution in [0.5, 0.6) is 0 Å². The summed E-state index contributed by atoms with van der Waals surface area (Å²) in [4.78, 5) is 0. The first-order valence-electron chi connectivity index (χ1n) is 6.02. The molecule has 0 rings (SSSR count). The molecule has 96 valence electrons. The van der Waals surface area contributed by atoms with Gasteiger partial charge in [0, 0.05) is 12.0 Å². The molecule has 0 aliphatic heterocycles. The number of halogens is 1. The summed E-state index contributed by atoms with van der Waals surface area (Å²) in [5.41, 5.74) is 0. The largest absolute Gasteiger partial charge is 0.414 e. The van der Waals surface area contributed by atoms with Gasteiger partial charge in [0.1, 0.15) is 0 Å². The Morgan fingerprint density at radius 2 is 1.75 bits per heavy atom. The molecule has 0 N–H and O–H groups in total. The maximum absolute atomic E-state index is 6.31. The summed E-state index contributed by atoms with van der Waals surface area (Å²) in [6, 6.07) is 0. The number of hydrogen-bond acceptors (Lipinski definition) is 1. The predicted octanol–water partition coefficient (Wildman–Crippen LogP) is 4.83. The van der Waals surface area contributed by atoms with Gasteiger partial charge in [-0.25, -0.2) is 0 Å². The van der Waals surface area contributed by atoms with Crippen LogP contribution in [0.15, 0.2) is 12.2 Å². The fourth-order valence-electron chi connectivity index (χ4n) is 1.17. The SMILES string of the molecule is CC(/C=C/CCl)C(C)O[Si](C)(C)C(C)(C)C. The minimum Gasteiger partial charge on any atom is -0.414 e. The van der Waals surface area contributed by atoms with Crippen LogP contribution >= 0.6 is 11.6 Å². The second-order valence-corrected chi connectivity index (χ2v) is 11.1. The molecule has 0 aliphatic carbocycles. The average Bonchev–Trinajstić information content (AvgIpc) is 2.11.